The van der Waals surface area contributed by atoms with Gasteiger partial charge >= 0.3 is 6.09 Å². The molecule has 122 valence electrons. The van der Waals surface area contributed by atoms with Crippen molar-refractivity contribution >= 4 is 12.6 Å². The fourth-order valence-corrected chi connectivity index (χ4v) is 2.02. The van der Waals surface area contributed by atoms with Crippen molar-refractivity contribution in [2.24, 2.45) is 0 Å². The summed E-state index contributed by atoms with van der Waals surface area (Å²) in [7, 11) is 1.31. The monoisotopic (exact) mass is 309 g/mol. The second-order valence-corrected chi connectivity index (χ2v) is 5.94. The average molecular weight is 309 g/mol. The lowest BCUT2D eigenvalue weighted by Gasteiger charge is -2.31. The third-order valence-corrected chi connectivity index (χ3v) is 2.95. The van der Waals surface area contributed by atoms with E-state index in [1.54, 1.807) is 17.0 Å². The van der Waals surface area contributed by atoms with Crippen molar-refractivity contribution in [2.75, 3.05) is 13.7 Å². The Kier molecular flexibility index (Phi) is 6.22. The molecule has 1 aliphatic rings. The molecule has 1 heterocycles. The number of fused-ring (bicyclic) bond motifs is 1. The van der Waals surface area contributed by atoms with E-state index in [2.05, 4.69) is 4.74 Å². The van der Waals surface area contributed by atoms with Gasteiger partial charge in [0.25, 0.3) is 6.47 Å². The smallest absolute Gasteiger partial charge is 0.410 e. The zero-order valence-electron chi connectivity index (χ0n) is 13.5. The molecule has 6 heteroatoms. The molecule has 1 aromatic carbocycles. The molecule has 0 radical (unpaired) electrons. The molecule has 0 aromatic heterocycles. The summed E-state index contributed by atoms with van der Waals surface area (Å²) in [6, 6.07) is 5.28. The van der Waals surface area contributed by atoms with Crippen molar-refractivity contribution in [1.82, 2.24) is 4.90 Å². The number of amides is 1. The molecule has 0 spiro atoms. The third-order valence-electron chi connectivity index (χ3n) is 2.95. The van der Waals surface area contributed by atoms with E-state index in [9.17, 15) is 9.90 Å². The number of phenols is 1. The van der Waals surface area contributed by atoms with Crippen LogP contribution < -0.4 is 0 Å². The van der Waals surface area contributed by atoms with Crippen LogP contribution in [0.15, 0.2) is 18.2 Å². The van der Waals surface area contributed by atoms with Crippen LogP contribution in [0.5, 0.6) is 5.75 Å². The van der Waals surface area contributed by atoms with E-state index in [-0.39, 0.29) is 11.8 Å². The van der Waals surface area contributed by atoms with Gasteiger partial charge in [0.15, 0.2) is 0 Å². The van der Waals surface area contributed by atoms with Crippen LogP contribution in [0.1, 0.15) is 31.9 Å². The van der Waals surface area contributed by atoms with Gasteiger partial charge in [-0.2, -0.15) is 0 Å². The number of ether oxygens (including phenoxy) is 2. The van der Waals surface area contributed by atoms with Gasteiger partial charge in [0.05, 0.1) is 7.11 Å². The van der Waals surface area contributed by atoms with Gasteiger partial charge in [-0.15, -0.1) is 0 Å². The van der Waals surface area contributed by atoms with Crippen molar-refractivity contribution in [3.8, 4) is 5.75 Å². The van der Waals surface area contributed by atoms with Crippen LogP contribution in [0.2, 0.25) is 0 Å². The van der Waals surface area contributed by atoms with Gasteiger partial charge in [-0.1, -0.05) is 6.07 Å². The highest BCUT2D eigenvalue weighted by Gasteiger charge is 2.25. The normalized spacial score (nSPS) is 13.4. The largest absolute Gasteiger partial charge is 0.508 e. The molecule has 22 heavy (non-hydrogen) atoms. The number of phenolic OH excluding ortho intramolecular Hbond substituents is 1. The van der Waals surface area contributed by atoms with Crippen LogP contribution in [-0.4, -0.2) is 41.8 Å². The lowest BCUT2D eigenvalue weighted by Crippen LogP contribution is -2.39. The Labute approximate surface area is 130 Å². The van der Waals surface area contributed by atoms with Gasteiger partial charge in [-0.3, -0.25) is 4.79 Å². The molecular formula is C16H23NO5. The Balaban J connectivity index is 0.000000541. The Hall–Kier alpha value is -2.24. The Morgan fingerprint density at radius 3 is 2.50 bits per heavy atom. The maximum atomic E-state index is 11.9. The van der Waals surface area contributed by atoms with Crippen LogP contribution in [0, 0.1) is 0 Å². The number of benzene rings is 1. The predicted octanol–water partition coefficient (Wildman–Crippen LogP) is 2.47. The minimum absolute atomic E-state index is 0.277. The summed E-state index contributed by atoms with van der Waals surface area (Å²) < 4.78 is 9.21. The minimum Gasteiger partial charge on any atom is -0.508 e. The summed E-state index contributed by atoms with van der Waals surface area (Å²) in [5.74, 6) is 0.277. The standard InChI is InChI=1S/C14H19NO3.C2H4O2/c1-14(2,3)18-13(17)15-7-6-10-8-12(16)5-4-11(10)9-15;1-4-2-3/h4-5,8,16H,6-7,9H2,1-3H3;2H,1H3. The SMILES string of the molecule is CC(C)(C)OC(=O)N1CCc2cc(O)ccc2C1.COC=O. The van der Waals surface area contributed by atoms with Gasteiger partial charge < -0.3 is 19.5 Å². The van der Waals surface area contributed by atoms with E-state index in [1.165, 1.54) is 7.11 Å². The van der Waals surface area contributed by atoms with E-state index in [4.69, 9.17) is 9.53 Å². The molecule has 0 fully saturated rings. The lowest BCUT2D eigenvalue weighted by atomic mass is 10.00. The van der Waals surface area contributed by atoms with E-state index in [0.29, 0.717) is 19.6 Å². The summed E-state index contributed by atoms with van der Waals surface area (Å²) in [6.07, 6.45) is 0.476. The third kappa shape index (κ3) is 5.63. The second-order valence-electron chi connectivity index (χ2n) is 5.94. The number of nitrogens with zero attached hydrogens (tertiary/aromatic N) is 1. The van der Waals surface area contributed by atoms with Crippen molar-refractivity contribution in [3.05, 3.63) is 29.3 Å². The quantitative estimate of drug-likeness (QED) is 0.807. The van der Waals surface area contributed by atoms with E-state index in [0.717, 1.165) is 17.5 Å². The van der Waals surface area contributed by atoms with Crippen LogP contribution in [0.3, 0.4) is 0 Å². The highest BCUT2D eigenvalue weighted by Crippen LogP contribution is 2.24. The maximum absolute atomic E-state index is 11.9. The Bertz CT molecular complexity index is 522. The molecule has 0 saturated carbocycles. The minimum atomic E-state index is -0.466. The first-order chi connectivity index (χ1) is 10.3. The highest BCUT2D eigenvalue weighted by atomic mass is 16.6. The van der Waals surface area contributed by atoms with Crippen molar-refractivity contribution in [2.45, 2.75) is 39.3 Å². The first kappa shape index (κ1) is 17.8. The number of carbonyl (C=O) groups excluding carboxylic acids is 2. The molecule has 0 saturated heterocycles. The van der Waals surface area contributed by atoms with E-state index < -0.39 is 5.60 Å². The summed E-state index contributed by atoms with van der Waals surface area (Å²) >= 11 is 0. The number of aromatic hydroxyl groups is 1. The van der Waals surface area contributed by atoms with Gasteiger partial charge in [0.2, 0.25) is 0 Å². The second kappa shape index (κ2) is 7.68. The average Bonchev–Trinajstić information content (AvgIpc) is 2.45. The number of carbonyl (C=O) groups is 2. The molecule has 6 nitrogen and oxygen atoms in total. The maximum Gasteiger partial charge on any atom is 0.410 e. The lowest BCUT2D eigenvalue weighted by molar-refractivity contribution is -0.126. The summed E-state index contributed by atoms with van der Waals surface area (Å²) in [5.41, 5.74) is 1.71. The number of hydrogen-bond acceptors (Lipinski definition) is 5. The predicted molar refractivity (Wildman–Crippen MR) is 81.5 cm³/mol. The van der Waals surface area contributed by atoms with E-state index in [1.807, 2.05) is 26.8 Å². The first-order valence-electron chi connectivity index (χ1n) is 7.02. The molecule has 1 amide bonds. The summed E-state index contributed by atoms with van der Waals surface area (Å²) in [5, 5.41) is 9.41. The molecule has 2 rings (SSSR count). The molecule has 0 atom stereocenters. The highest BCUT2D eigenvalue weighted by molar-refractivity contribution is 5.68. The number of hydrogen-bond donors (Lipinski definition) is 1. The topological polar surface area (TPSA) is 76.1 Å². The van der Waals surface area contributed by atoms with Crippen LogP contribution >= 0.6 is 0 Å². The first-order valence-corrected chi connectivity index (χ1v) is 7.02. The fourth-order valence-electron chi connectivity index (χ4n) is 2.02. The molecule has 0 bridgehead atoms. The summed E-state index contributed by atoms with van der Waals surface area (Å²) in [4.78, 5) is 22.6. The van der Waals surface area contributed by atoms with Gasteiger partial charge in [0.1, 0.15) is 11.4 Å². The molecule has 1 N–H and O–H groups in total. The van der Waals surface area contributed by atoms with E-state index >= 15 is 0 Å². The van der Waals surface area contributed by atoms with Crippen LogP contribution in [-0.2, 0) is 27.2 Å². The number of methoxy groups -OCH3 is 1. The van der Waals surface area contributed by atoms with Crippen molar-refractivity contribution < 1.29 is 24.2 Å². The van der Waals surface area contributed by atoms with Crippen LogP contribution in [0.25, 0.3) is 0 Å². The molecule has 0 aliphatic carbocycles. The fraction of sp³-hybridized carbons (Fsp3) is 0.500. The van der Waals surface area contributed by atoms with Gasteiger partial charge in [-0.25, -0.2) is 4.79 Å². The molecule has 0 unspecified atom stereocenters. The summed E-state index contributed by atoms with van der Waals surface area (Å²) in [6.45, 7) is 7.14. The molecular weight excluding hydrogens is 286 g/mol. The van der Waals surface area contributed by atoms with Crippen molar-refractivity contribution in [1.29, 1.82) is 0 Å². The van der Waals surface area contributed by atoms with Gasteiger partial charge in [0, 0.05) is 13.1 Å². The van der Waals surface area contributed by atoms with Crippen LogP contribution in [0.4, 0.5) is 4.79 Å². The Morgan fingerprint density at radius 2 is 1.95 bits per heavy atom. The Morgan fingerprint density at radius 1 is 1.32 bits per heavy atom. The molecule has 1 aromatic rings. The van der Waals surface area contributed by atoms with Gasteiger partial charge in [-0.05, 0) is 50.5 Å². The zero-order valence-corrected chi connectivity index (χ0v) is 13.5. The number of rotatable bonds is 1. The van der Waals surface area contributed by atoms with Crippen molar-refractivity contribution in [3.63, 3.8) is 0 Å². The molecule has 1 aliphatic heterocycles. The zero-order chi connectivity index (χ0) is 16.8.